The average Bonchev–Trinajstić information content (AvgIpc) is 2.67. The molecule has 1 unspecified atom stereocenters. The third-order valence-corrected chi connectivity index (χ3v) is 5.21. The van der Waals surface area contributed by atoms with Crippen LogP contribution in [-0.4, -0.2) is 45.3 Å². The monoisotopic (exact) mass is 301 g/mol. The fourth-order valence-electron chi connectivity index (χ4n) is 1.73. The summed E-state index contributed by atoms with van der Waals surface area (Å²) in [7, 11) is 0. The van der Waals surface area contributed by atoms with Crippen LogP contribution in [0.1, 0.15) is 18.4 Å². The van der Waals surface area contributed by atoms with E-state index in [0.717, 1.165) is 34.7 Å². The number of rotatable bonds is 4. The van der Waals surface area contributed by atoms with Crippen molar-refractivity contribution in [3.8, 4) is 0 Å². The van der Waals surface area contributed by atoms with E-state index in [-0.39, 0.29) is 11.9 Å². The van der Waals surface area contributed by atoms with Gasteiger partial charge in [0.15, 0.2) is 0 Å². The van der Waals surface area contributed by atoms with Crippen LogP contribution in [0.15, 0.2) is 10.6 Å². The number of carbonyl (C=O) groups is 1. The highest BCUT2D eigenvalue weighted by Gasteiger charge is 2.22. The topological polar surface area (TPSA) is 58.4 Å². The summed E-state index contributed by atoms with van der Waals surface area (Å²) in [5, 5.41) is 6.77. The number of nitrogens with zero attached hydrogens (tertiary/aromatic N) is 2. The molecule has 1 fully saturated rings. The molecule has 1 aromatic rings. The van der Waals surface area contributed by atoms with E-state index in [1.807, 2.05) is 43.4 Å². The quantitative estimate of drug-likeness (QED) is 0.913. The summed E-state index contributed by atoms with van der Waals surface area (Å²) in [6.45, 7) is 4.22. The Kier molecular flexibility index (Phi) is 5.59. The molecule has 7 heteroatoms. The minimum absolute atomic E-state index is 0.0451. The Morgan fingerprint density at radius 3 is 2.79 bits per heavy atom. The fraction of sp³-hybridized carbons (Fsp3) is 0.667. The molecular formula is C12H19N3O2S2. The lowest BCUT2D eigenvalue weighted by atomic mass is 10.3. The Labute approximate surface area is 121 Å². The summed E-state index contributed by atoms with van der Waals surface area (Å²) in [6, 6.07) is 1.73. The summed E-state index contributed by atoms with van der Waals surface area (Å²) in [4.78, 5) is 14.3. The molecule has 0 saturated carbocycles. The van der Waals surface area contributed by atoms with Gasteiger partial charge in [-0.05, 0) is 13.8 Å². The fourth-order valence-corrected chi connectivity index (χ4v) is 4.15. The summed E-state index contributed by atoms with van der Waals surface area (Å²) in [5.41, 5.74) is 0.762. The van der Waals surface area contributed by atoms with E-state index < -0.39 is 0 Å². The Hall–Kier alpha value is -0.660. The second-order valence-corrected chi connectivity index (χ2v) is 6.64. The lowest BCUT2D eigenvalue weighted by Gasteiger charge is -2.25. The van der Waals surface area contributed by atoms with Gasteiger partial charge in [0.1, 0.15) is 11.5 Å². The number of thioether (sulfide) groups is 2. The number of hydrogen-bond acceptors (Lipinski definition) is 6. The number of aromatic nitrogens is 1. The van der Waals surface area contributed by atoms with Gasteiger partial charge in [0.2, 0.25) is 5.91 Å². The molecule has 1 atom stereocenters. The SMILES string of the molecule is Cc1cc(CNC(=O)C(C)N2CSCCSC2)no1. The molecule has 0 aromatic carbocycles. The number of hydrogen-bond donors (Lipinski definition) is 1. The van der Waals surface area contributed by atoms with Crippen LogP contribution in [0.2, 0.25) is 0 Å². The van der Waals surface area contributed by atoms with Crippen LogP contribution in [0.3, 0.4) is 0 Å². The van der Waals surface area contributed by atoms with Gasteiger partial charge in [0.25, 0.3) is 0 Å². The molecule has 1 N–H and O–H groups in total. The summed E-state index contributed by atoms with van der Waals surface area (Å²) < 4.78 is 4.97. The van der Waals surface area contributed by atoms with E-state index in [4.69, 9.17) is 4.52 Å². The van der Waals surface area contributed by atoms with Gasteiger partial charge < -0.3 is 9.84 Å². The van der Waals surface area contributed by atoms with Crippen LogP contribution in [-0.2, 0) is 11.3 Å². The maximum atomic E-state index is 12.1. The van der Waals surface area contributed by atoms with Crippen LogP contribution in [0.25, 0.3) is 0 Å². The Bertz CT molecular complexity index is 417. The minimum atomic E-state index is -0.105. The van der Waals surface area contributed by atoms with Gasteiger partial charge in [-0.1, -0.05) is 5.16 Å². The maximum absolute atomic E-state index is 12.1. The van der Waals surface area contributed by atoms with Crippen molar-refractivity contribution < 1.29 is 9.32 Å². The molecule has 1 amide bonds. The normalized spacial score (nSPS) is 18.8. The first-order valence-corrected chi connectivity index (χ1v) is 8.57. The summed E-state index contributed by atoms with van der Waals surface area (Å²) in [5.74, 6) is 4.97. The predicted octanol–water partition coefficient (Wildman–Crippen LogP) is 1.68. The number of carbonyl (C=O) groups excluding carboxylic acids is 1. The van der Waals surface area contributed by atoms with E-state index in [9.17, 15) is 4.79 Å². The Morgan fingerprint density at radius 1 is 1.53 bits per heavy atom. The molecular weight excluding hydrogens is 282 g/mol. The summed E-state index contributed by atoms with van der Waals surface area (Å²) in [6.07, 6.45) is 0. The number of aryl methyl sites for hydroxylation is 1. The lowest BCUT2D eigenvalue weighted by molar-refractivity contribution is -0.125. The molecule has 5 nitrogen and oxygen atoms in total. The molecule has 0 aliphatic carbocycles. The Morgan fingerprint density at radius 2 is 2.21 bits per heavy atom. The van der Waals surface area contributed by atoms with Gasteiger partial charge >= 0.3 is 0 Å². The van der Waals surface area contributed by atoms with Crippen LogP contribution >= 0.6 is 23.5 Å². The van der Waals surface area contributed by atoms with Crippen molar-refractivity contribution in [1.29, 1.82) is 0 Å². The molecule has 0 bridgehead atoms. The van der Waals surface area contributed by atoms with Gasteiger partial charge in [-0.25, -0.2) is 0 Å². The van der Waals surface area contributed by atoms with Crippen LogP contribution in [0.5, 0.6) is 0 Å². The first-order valence-electron chi connectivity index (χ1n) is 6.26. The molecule has 19 heavy (non-hydrogen) atoms. The zero-order valence-corrected chi connectivity index (χ0v) is 12.9. The van der Waals surface area contributed by atoms with E-state index in [2.05, 4.69) is 15.4 Å². The van der Waals surface area contributed by atoms with E-state index in [1.54, 1.807) is 0 Å². The van der Waals surface area contributed by atoms with E-state index in [0.29, 0.717) is 6.54 Å². The first-order chi connectivity index (χ1) is 9.16. The zero-order chi connectivity index (χ0) is 13.7. The first kappa shape index (κ1) is 14.7. The minimum Gasteiger partial charge on any atom is -0.361 e. The van der Waals surface area contributed by atoms with Crippen molar-refractivity contribution in [3.05, 3.63) is 17.5 Å². The predicted molar refractivity (Wildman–Crippen MR) is 79.0 cm³/mol. The molecule has 1 aliphatic rings. The largest absolute Gasteiger partial charge is 0.361 e. The van der Waals surface area contributed by atoms with Crippen molar-refractivity contribution in [2.24, 2.45) is 0 Å². The third kappa shape index (κ3) is 4.43. The molecule has 1 aromatic heterocycles. The highest BCUT2D eigenvalue weighted by Crippen LogP contribution is 2.19. The highest BCUT2D eigenvalue weighted by atomic mass is 32.2. The van der Waals surface area contributed by atoms with Crippen molar-refractivity contribution in [3.63, 3.8) is 0 Å². The molecule has 1 aliphatic heterocycles. The lowest BCUT2D eigenvalue weighted by Crippen LogP contribution is -2.44. The second kappa shape index (κ2) is 7.21. The smallest absolute Gasteiger partial charge is 0.237 e. The number of nitrogens with one attached hydrogen (secondary N) is 1. The van der Waals surface area contributed by atoms with E-state index >= 15 is 0 Å². The standard InChI is InChI=1S/C12H19N3O2S2/c1-9-5-11(14-17-9)6-13-12(16)10(2)15-7-18-3-4-19-8-15/h5,10H,3-4,6-8H2,1-2H3,(H,13,16). The second-order valence-electron chi connectivity index (χ2n) is 4.49. The Balaban J connectivity index is 1.81. The van der Waals surface area contributed by atoms with Crippen molar-refractivity contribution in [2.45, 2.75) is 26.4 Å². The van der Waals surface area contributed by atoms with Gasteiger partial charge in [-0.3, -0.25) is 9.69 Å². The van der Waals surface area contributed by atoms with Gasteiger partial charge in [0, 0.05) is 29.3 Å². The maximum Gasteiger partial charge on any atom is 0.237 e. The molecule has 106 valence electrons. The van der Waals surface area contributed by atoms with Gasteiger partial charge in [-0.15, -0.1) is 23.5 Å². The van der Waals surface area contributed by atoms with Gasteiger partial charge in [0.05, 0.1) is 12.6 Å². The molecule has 2 rings (SSSR count). The zero-order valence-electron chi connectivity index (χ0n) is 11.2. The number of amides is 1. The summed E-state index contributed by atoms with van der Waals surface area (Å²) >= 11 is 3.77. The van der Waals surface area contributed by atoms with Crippen LogP contribution in [0.4, 0.5) is 0 Å². The van der Waals surface area contributed by atoms with Crippen molar-refractivity contribution >= 4 is 29.4 Å². The van der Waals surface area contributed by atoms with Gasteiger partial charge in [-0.2, -0.15) is 0 Å². The van der Waals surface area contributed by atoms with Crippen LogP contribution < -0.4 is 5.32 Å². The molecule has 0 spiro atoms. The average molecular weight is 301 g/mol. The molecule has 0 radical (unpaired) electrons. The third-order valence-electron chi connectivity index (χ3n) is 2.93. The molecule has 1 saturated heterocycles. The van der Waals surface area contributed by atoms with E-state index in [1.165, 1.54) is 0 Å². The van der Waals surface area contributed by atoms with Crippen molar-refractivity contribution in [1.82, 2.24) is 15.4 Å². The van der Waals surface area contributed by atoms with Crippen molar-refractivity contribution in [2.75, 3.05) is 23.3 Å². The highest BCUT2D eigenvalue weighted by molar-refractivity contribution is 8.03. The van der Waals surface area contributed by atoms with Crippen LogP contribution in [0, 0.1) is 6.92 Å². The molecule has 2 heterocycles.